The van der Waals surface area contributed by atoms with Crippen LogP contribution in [-0.2, 0) is 11.2 Å². The molecule has 80 valence electrons. The second kappa shape index (κ2) is 4.13. The van der Waals surface area contributed by atoms with E-state index in [0.29, 0.717) is 11.1 Å². The summed E-state index contributed by atoms with van der Waals surface area (Å²) in [5.74, 6) is -2.11. The first kappa shape index (κ1) is 11.2. The average molecular weight is 208 g/mol. The van der Waals surface area contributed by atoms with Gasteiger partial charge in [0.1, 0.15) is 0 Å². The van der Waals surface area contributed by atoms with E-state index in [0.717, 1.165) is 5.56 Å². The summed E-state index contributed by atoms with van der Waals surface area (Å²) >= 11 is 0. The highest BCUT2D eigenvalue weighted by molar-refractivity contribution is 5.92. The highest BCUT2D eigenvalue weighted by Crippen LogP contribution is 2.17. The molecule has 4 nitrogen and oxygen atoms in total. The van der Waals surface area contributed by atoms with E-state index in [1.165, 1.54) is 0 Å². The Bertz CT molecular complexity index is 421. The van der Waals surface area contributed by atoms with Gasteiger partial charge in [0.05, 0.1) is 12.0 Å². The van der Waals surface area contributed by atoms with Crippen LogP contribution in [0.5, 0.6) is 0 Å². The van der Waals surface area contributed by atoms with Gasteiger partial charge in [-0.15, -0.1) is 0 Å². The van der Waals surface area contributed by atoms with Gasteiger partial charge in [0.2, 0.25) is 0 Å². The van der Waals surface area contributed by atoms with Gasteiger partial charge in [-0.25, -0.2) is 4.79 Å². The van der Waals surface area contributed by atoms with E-state index in [4.69, 9.17) is 10.2 Å². The van der Waals surface area contributed by atoms with E-state index in [1.54, 1.807) is 19.1 Å². The first-order chi connectivity index (χ1) is 6.91. The molecule has 0 radical (unpaired) electrons. The lowest BCUT2D eigenvalue weighted by atomic mass is 9.97. The monoisotopic (exact) mass is 208 g/mol. The number of aliphatic carboxylic acids is 1. The van der Waals surface area contributed by atoms with Gasteiger partial charge in [0.25, 0.3) is 0 Å². The Morgan fingerprint density at radius 3 is 2.27 bits per heavy atom. The smallest absolute Gasteiger partial charge is 0.336 e. The standard InChI is InChI=1S/C11H12O4/c1-6-3-7(2)10(11(14)15)8(4-6)5-9(12)13/h3-4H,5H2,1-2H3,(H,12,13)(H,14,15). The SMILES string of the molecule is Cc1cc(C)c(C(=O)O)c(CC(=O)O)c1. The molecule has 1 aromatic rings. The molecule has 2 N–H and O–H groups in total. The summed E-state index contributed by atoms with van der Waals surface area (Å²) in [7, 11) is 0. The summed E-state index contributed by atoms with van der Waals surface area (Å²) in [6.45, 7) is 3.48. The third kappa shape index (κ3) is 2.56. The second-order valence-electron chi connectivity index (χ2n) is 3.49. The van der Waals surface area contributed by atoms with Gasteiger partial charge < -0.3 is 10.2 Å². The number of carboxylic acid groups (broad SMARTS) is 2. The van der Waals surface area contributed by atoms with Crippen molar-refractivity contribution in [1.82, 2.24) is 0 Å². The van der Waals surface area contributed by atoms with Crippen molar-refractivity contribution in [3.63, 3.8) is 0 Å². The Kier molecular flexibility index (Phi) is 3.09. The maximum Gasteiger partial charge on any atom is 0.336 e. The minimum Gasteiger partial charge on any atom is -0.481 e. The fourth-order valence-corrected chi connectivity index (χ4v) is 1.66. The topological polar surface area (TPSA) is 74.6 Å². The van der Waals surface area contributed by atoms with Crippen molar-refractivity contribution < 1.29 is 19.8 Å². The number of hydrogen-bond acceptors (Lipinski definition) is 2. The zero-order chi connectivity index (χ0) is 11.6. The number of aromatic carboxylic acids is 1. The Hall–Kier alpha value is -1.84. The Morgan fingerprint density at radius 2 is 1.80 bits per heavy atom. The van der Waals surface area contributed by atoms with Crippen LogP contribution in [0.15, 0.2) is 12.1 Å². The van der Waals surface area contributed by atoms with Gasteiger partial charge >= 0.3 is 11.9 Å². The molecule has 0 amide bonds. The molecule has 0 aliphatic heterocycles. The van der Waals surface area contributed by atoms with Crippen molar-refractivity contribution in [2.45, 2.75) is 20.3 Å². The number of aryl methyl sites for hydroxylation is 2. The van der Waals surface area contributed by atoms with E-state index in [2.05, 4.69) is 0 Å². The van der Waals surface area contributed by atoms with Crippen LogP contribution in [-0.4, -0.2) is 22.2 Å². The van der Waals surface area contributed by atoms with Gasteiger partial charge in [-0.05, 0) is 25.0 Å². The first-order valence-corrected chi connectivity index (χ1v) is 4.47. The average Bonchev–Trinajstić information content (AvgIpc) is 1.99. The van der Waals surface area contributed by atoms with Crippen LogP contribution in [0.25, 0.3) is 0 Å². The van der Waals surface area contributed by atoms with Gasteiger partial charge in [0.15, 0.2) is 0 Å². The third-order valence-electron chi connectivity index (χ3n) is 2.12. The Morgan fingerprint density at radius 1 is 1.20 bits per heavy atom. The van der Waals surface area contributed by atoms with Gasteiger partial charge in [-0.2, -0.15) is 0 Å². The van der Waals surface area contributed by atoms with Crippen molar-refractivity contribution in [1.29, 1.82) is 0 Å². The molecule has 0 unspecified atom stereocenters. The highest BCUT2D eigenvalue weighted by Gasteiger charge is 2.15. The van der Waals surface area contributed by atoms with Crippen LogP contribution in [0.3, 0.4) is 0 Å². The number of carboxylic acids is 2. The second-order valence-corrected chi connectivity index (χ2v) is 3.49. The largest absolute Gasteiger partial charge is 0.481 e. The van der Waals surface area contributed by atoms with Crippen LogP contribution < -0.4 is 0 Å². The van der Waals surface area contributed by atoms with E-state index in [9.17, 15) is 9.59 Å². The molecule has 0 aliphatic rings. The molecule has 0 aliphatic carbocycles. The zero-order valence-electron chi connectivity index (χ0n) is 8.57. The van der Waals surface area contributed by atoms with Gasteiger partial charge in [-0.3, -0.25) is 4.79 Å². The molecule has 1 rings (SSSR count). The van der Waals surface area contributed by atoms with Crippen LogP contribution in [0.4, 0.5) is 0 Å². The summed E-state index contributed by atoms with van der Waals surface area (Å²) in [6, 6.07) is 3.33. The minimum atomic E-state index is -1.08. The Labute approximate surface area is 87.2 Å². The normalized spacial score (nSPS) is 10.0. The fraction of sp³-hybridized carbons (Fsp3) is 0.273. The van der Waals surface area contributed by atoms with Crippen molar-refractivity contribution in [3.8, 4) is 0 Å². The molecule has 0 aromatic heterocycles. The zero-order valence-corrected chi connectivity index (χ0v) is 8.57. The lowest BCUT2D eigenvalue weighted by molar-refractivity contribution is -0.136. The quantitative estimate of drug-likeness (QED) is 0.791. The summed E-state index contributed by atoms with van der Waals surface area (Å²) in [4.78, 5) is 21.5. The van der Waals surface area contributed by atoms with E-state index < -0.39 is 11.9 Å². The summed E-state index contributed by atoms with van der Waals surface area (Å²) in [6.07, 6.45) is -0.260. The molecule has 0 heterocycles. The van der Waals surface area contributed by atoms with Gasteiger partial charge in [0, 0.05) is 0 Å². The Balaban J connectivity index is 3.33. The van der Waals surface area contributed by atoms with E-state index >= 15 is 0 Å². The minimum absolute atomic E-state index is 0.100. The van der Waals surface area contributed by atoms with Crippen molar-refractivity contribution >= 4 is 11.9 Å². The van der Waals surface area contributed by atoms with Gasteiger partial charge in [-0.1, -0.05) is 17.7 Å². The molecular weight excluding hydrogens is 196 g/mol. The summed E-state index contributed by atoms with van der Waals surface area (Å²) in [5, 5.41) is 17.6. The highest BCUT2D eigenvalue weighted by atomic mass is 16.4. The van der Waals surface area contributed by atoms with Crippen LogP contribution in [0, 0.1) is 13.8 Å². The van der Waals surface area contributed by atoms with Crippen LogP contribution in [0.2, 0.25) is 0 Å². The van der Waals surface area contributed by atoms with Crippen LogP contribution in [0.1, 0.15) is 27.0 Å². The van der Waals surface area contributed by atoms with E-state index in [-0.39, 0.29) is 12.0 Å². The molecule has 0 saturated heterocycles. The molecule has 0 saturated carbocycles. The van der Waals surface area contributed by atoms with Crippen molar-refractivity contribution in [2.75, 3.05) is 0 Å². The maximum atomic E-state index is 10.9. The fourth-order valence-electron chi connectivity index (χ4n) is 1.66. The van der Waals surface area contributed by atoms with E-state index in [1.807, 2.05) is 6.92 Å². The molecule has 1 aromatic carbocycles. The maximum absolute atomic E-state index is 10.9. The number of benzene rings is 1. The molecule has 0 fully saturated rings. The molecule has 4 heteroatoms. The predicted molar refractivity (Wildman–Crippen MR) is 54.2 cm³/mol. The first-order valence-electron chi connectivity index (χ1n) is 4.47. The van der Waals surface area contributed by atoms with Crippen molar-refractivity contribution in [2.24, 2.45) is 0 Å². The lowest BCUT2D eigenvalue weighted by Gasteiger charge is -2.08. The summed E-state index contributed by atoms with van der Waals surface area (Å²) < 4.78 is 0. The molecular formula is C11H12O4. The number of carbonyl (C=O) groups is 2. The van der Waals surface area contributed by atoms with Crippen molar-refractivity contribution in [3.05, 3.63) is 34.4 Å². The summed E-state index contributed by atoms with van der Waals surface area (Å²) in [5.41, 5.74) is 1.92. The number of hydrogen-bond donors (Lipinski definition) is 2. The molecule has 0 atom stereocenters. The number of rotatable bonds is 3. The molecule has 0 bridgehead atoms. The predicted octanol–water partition coefficient (Wildman–Crippen LogP) is 1.63. The molecule has 0 spiro atoms. The van der Waals surface area contributed by atoms with Crippen LogP contribution >= 0.6 is 0 Å². The molecule has 15 heavy (non-hydrogen) atoms. The lowest BCUT2D eigenvalue weighted by Crippen LogP contribution is -2.10. The third-order valence-corrected chi connectivity index (χ3v) is 2.12.